The molecule has 36 heavy (non-hydrogen) atoms. The topological polar surface area (TPSA) is 86.9 Å². The van der Waals surface area contributed by atoms with Crippen molar-refractivity contribution < 1.29 is 13.2 Å². The Balaban J connectivity index is 0.00000324. The van der Waals surface area contributed by atoms with Crippen molar-refractivity contribution in [3.63, 3.8) is 0 Å². The molecule has 208 valence electrons. The predicted molar refractivity (Wildman–Crippen MR) is 153 cm³/mol. The Hall–Kier alpha value is -0.610. The van der Waals surface area contributed by atoms with E-state index in [0.717, 1.165) is 25.1 Å². The molecule has 1 saturated carbocycles. The maximum absolute atomic E-state index is 13.0. The third-order valence-corrected chi connectivity index (χ3v) is 8.99. The summed E-state index contributed by atoms with van der Waals surface area (Å²) < 4.78 is 26.2. The Morgan fingerprint density at radius 2 is 1.67 bits per heavy atom. The lowest BCUT2D eigenvalue weighted by Crippen LogP contribution is -2.57. The number of sulfonamides is 1. The Morgan fingerprint density at radius 1 is 1.08 bits per heavy atom. The number of amides is 1. The lowest BCUT2D eigenvalue weighted by Gasteiger charge is -2.42. The summed E-state index contributed by atoms with van der Waals surface area (Å²) in [5.74, 6) is 0.634. The number of likely N-dealkylation sites (N-methyl/N-ethyl adjacent to an activating group) is 1. The van der Waals surface area contributed by atoms with Crippen LogP contribution in [0.1, 0.15) is 51.0 Å². The van der Waals surface area contributed by atoms with E-state index in [4.69, 9.17) is 17.3 Å². The van der Waals surface area contributed by atoms with Crippen LogP contribution in [0, 0.1) is 5.92 Å². The van der Waals surface area contributed by atoms with Gasteiger partial charge in [-0.25, -0.2) is 12.7 Å². The van der Waals surface area contributed by atoms with Gasteiger partial charge in [0.05, 0.1) is 12.3 Å². The molecule has 1 aromatic carbocycles. The average Bonchev–Trinajstić information content (AvgIpc) is 2.82. The van der Waals surface area contributed by atoms with Gasteiger partial charge in [-0.1, -0.05) is 62.8 Å². The molecule has 11 heteroatoms. The van der Waals surface area contributed by atoms with Crippen LogP contribution in [0.2, 0.25) is 5.02 Å². The van der Waals surface area contributed by atoms with E-state index < -0.39 is 16.1 Å². The fraction of sp³-hybridized carbons (Fsp3) is 0.720. The molecule has 7 nitrogen and oxygen atoms in total. The lowest BCUT2D eigenvalue weighted by molar-refractivity contribution is -0.134. The molecule has 1 amide bonds. The molecule has 2 aliphatic rings. The number of rotatable bonds is 10. The summed E-state index contributed by atoms with van der Waals surface area (Å²) in [7, 11) is -3.24. The number of benzene rings is 1. The molecular formula is C25H43Cl3N4O3S. The molecule has 1 aliphatic carbocycles. The summed E-state index contributed by atoms with van der Waals surface area (Å²) in [6, 6.07) is 7.05. The number of halogens is 3. The number of hydrogen-bond donors (Lipinski definition) is 1. The van der Waals surface area contributed by atoms with Crippen LogP contribution in [-0.2, 0) is 21.2 Å². The van der Waals surface area contributed by atoms with Crippen molar-refractivity contribution in [1.82, 2.24) is 14.1 Å². The van der Waals surface area contributed by atoms with E-state index >= 15 is 0 Å². The minimum absolute atomic E-state index is 0. The highest BCUT2D eigenvalue weighted by Gasteiger charge is 2.32. The van der Waals surface area contributed by atoms with Crippen molar-refractivity contribution in [2.45, 2.75) is 64.0 Å². The SMILES string of the molecule is CCN(CC(CC1CCCCC1)N1CCN(C(=O)C(N)Cc2ccc(Cl)cc2)CC1)S(C)(=O)=O.Cl.Cl. The number of hydrogen-bond acceptors (Lipinski definition) is 5. The zero-order chi connectivity index (χ0) is 24.7. The largest absolute Gasteiger partial charge is 0.339 e. The molecule has 1 heterocycles. The summed E-state index contributed by atoms with van der Waals surface area (Å²) >= 11 is 5.95. The first-order valence-corrected chi connectivity index (χ1v) is 14.9. The molecule has 2 fully saturated rings. The van der Waals surface area contributed by atoms with E-state index in [2.05, 4.69) is 4.90 Å². The minimum Gasteiger partial charge on any atom is -0.339 e. The number of piperazine rings is 1. The lowest BCUT2D eigenvalue weighted by atomic mass is 9.84. The van der Waals surface area contributed by atoms with Gasteiger partial charge in [0.15, 0.2) is 0 Å². The molecule has 3 rings (SSSR count). The Labute approximate surface area is 235 Å². The first kappa shape index (κ1) is 33.4. The van der Waals surface area contributed by atoms with Crippen molar-refractivity contribution >= 4 is 52.3 Å². The zero-order valence-corrected chi connectivity index (χ0v) is 24.7. The molecule has 1 saturated heterocycles. The summed E-state index contributed by atoms with van der Waals surface area (Å²) in [4.78, 5) is 17.3. The number of nitrogens with zero attached hydrogens (tertiary/aromatic N) is 3. The first-order chi connectivity index (χ1) is 16.2. The molecular weight excluding hydrogens is 543 g/mol. The standard InChI is InChI=1S/C25H41ClN4O3S.2ClH/c1-3-30(34(2,32)33)19-23(17-20-7-5-4-6-8-20)28-13-15-29(16-14-28)25(31)24(27)18-21-9-11-22(26)12-10-21;;/h9-12,20,23-24H,3-8,13-19,27H2,1-2H3;2*1H. The molecule has 1 aromatic rings. The molecule has 2 atom stereocenters. The highest BCUT2D eigenvalue weighted by molar-refractivity contribution is 7.88. The smallest absolute Gasteiger partial charge is 0.239 e. The second-order valence-corrected chi connectivity index (χ2v) is 12.3. The van der Waals surface area contributed by atoms with Crippen LogP contribution in [0.25, 0.3) is 0 Å². The summed E-state index contributed by atoms with van der Waals surface area (Å²) in [5.41, 5.74) is 7.25. The van der Waals surface area contributed by atoms with Crippen LogP contribution in [0.5, 0.6) is 0 Å². The number of carbonyl (C=O) groups excluding carboxylic acids is 1. The van der Waals surface area contributed by atoms with Gasteiger partial charge >= 0.3 is 0 Å². The zero-order valence-electron chi connectivity index (χ0n) is 21.5. The highest BCUT2D eigenvalue weighted by Crippen LogP contribution is 2.29. The summed E-state index contributed by atoms with van der Waals surface area (Å²) in [6.45, 7) is 5.65. The van der Waals surface area contributed by atoms with Gasteiger partial charge in [-0.15, -0.1) is 24.8 Å². The molecule has 1 aliphatic heterocycles. The third-order valence-electron chi connectivity index (χ3n) is 7.39. The van der Waals surface area contributed by atoms with Gasteiger partial charge in [-0.3, -0.25) is 9.69 Å². The van der Waals surface area contributed by atoms with E-state index in [1.807, 2.05) is 36.1 Å². The van der Waals surface area contributed by atoms with E-state index in [1.165, 1.54) is 38.4 Å². The van der Waals surface area contributed by atoms with Crippen LogP contribution in [0.15, 0.2) is 24.3 Å². The predicted octanol–water partition coefficient (Wildman–Crippen LogP) is 3.82. The van der Waals surface area contributed by atoms with E-state index in [0.29, 0.717) is 43.5 Å². The molecule has 0 radical (unpaired) electrons. The van der Waals surface area contributed by atoms with Crippen molar-refractivity contribution in [1.29, 1.82) is 0 Å². The van der Waals surface area contributed by atoms with Gasteiger partial charge in [0.1, 0.15) is 0 Å². The second-order valence-electron chi connectivity index (χ2n) is 9.91. The summed E-state index contributed by atoms with van der Waals surface area (Å²) in [5, 5.41) is 0.667. The van der Waals surface area contributed by atoms with Crippen molar-refractivity contribution in [2.75, 3.05) is 45.5 Å². The van der Waals surface area contributed by atoms with Gasteiger partial charge in [0.25, 0.3) is 0 Å². The van der Waals surface area contributed by atoms with Crippen molar-refractivity contribution in [2.24, 2.45) is 11.7 Å². The quantitative estimate of drug-likeness (QED) is 0.451. The monoisotopic (exact) mass is 584 g/mol. The Bertz CT molecular complexity index is 890. The van der Waals surface area contributed by atoms with Gasteiger partial charge in [0.2, 0.25) is 15.9 Å². The van der Waals surface area contributed by atoms with Crippen LogP contribution >= 0.6 is 36.4 Å². The average molecular weight is 586 g/mol. The van der Waals surface area contributed by atoms with Crippen molar-refractivity contribution in [3.05, 3.63) is 34.9 Å². The molecule has 0 bridgehead atoms. The maximum Gasteiger partial charge on any atom is 0.239 e. The first-order valence-electron chi connectivity index (χ1n) is 12.6. The molecule has 0 aromatic heterocycles. The summed E-state index contributed by atoms with van der Waals surface area (Å²) in [6.07, 6.45) is 9.13. The number of nitrogens with two attached hydrogens (primary N) is 1. The highest BCUT2D eigenvalue weighted by atomic mass is 35.5. The van der Waals surface area contributed by atoms with Crippen LogP contribution in [-0.4, -0.2) is 86.0 Å². The van der Waals surface area contributed by atoms with Crippen molar-refractivity contribution in [3.8, 4) is 0 Å². The Kier molecular flexibility index (Phi) is 14.6. The third kappa shape index (κ3) is 9.93. The van der Waals surface area contributed by atoms with Crippen LogP contribution < -0.4 is 5.73 Å². The number of carbonyl (C=O) groups is 1. The molecule has 2 unspecified atom stereocenters. The second kappa shape index (κ2) is 15.7. The van der Waals surface area contributed by atoms with E-state index in [-0.39, 0.29) is 36.8 Å². The fourth-order valence-electron chi connectivity index (χ4n) is 5.38. The minimum atomic E-state index is -3.24. The maximum atomic E-state index is 13.0. The fourth-order valence-corrected chi connectivity index (χ4v) is 6.42. The van der Waals surface area contributed by atoms with Crippen LogP contribution in [0.3, 0.4) is 0 Å². The molecule has 2 N–H and O–H groups in total. The Morgan fingerprint density at radius 3 is 2.19 bits per heavy atom. The van der Waals surface area contributed by atoms with Gasteiger partial charge in [0, 0.05) is 50.3 Å². The normalized spacial score (nSPS) is 19.3. The van der Waals surface area contributed by atoms with Gasteiger partial charge in [-0.2, -0.15) is 0 Å². The molecule has 0 spiro atoms. The van der Waals surface area contributed by atoms with Crippen LogP contribution in [0.4, 0.5) is 0 Å². The van der Waals surface area contributed by atoms with Gasteiger partial charge in [-0.05, 0) is 36.5 Å². The van der Waals surface area contributed by atoms with E-state index in [1.54, 1.807) is 4.31 Å². The van der Waals surface area contributed by atoms with Gasteiger partial charge < -0.3 is 10.6 Å². The van der Waals surface area contributed by atoms with E-state index in [9.17, 15) is 13.2 Å².